The third kappa shape index (κ3) is 4.77. The lowest BCUT2D eigenvalue weighted by Crippen LogP contribution is -2.20. The molecule has 0 aliphatic heterocycles. The second kappa shape index (κ2) is 6.01. The highest BCUT2D eigenvalue weighted by atomic mass is 32.2. The number of aliphatic hydroxyl groups is 1. The normalized spacial score (nSPS) is 13.6. The number of hydrogen-bond acceptors (Lipinski definition) is 3. The molecule has 1 aromatic carbocycles. The van der Waals surface area contributed by atoms with Crippen LogP contribution in [-0.2, 0) is 16.3 Å². The molecule has 0 saturated heterocycles. The molecular formula is C12H18O3S. The van der Waals surface area contributed by atoms with Gasteiger partial charge in [0.15, 0.2) is 9.84 Å². The predicted molar refractivity (Wildman–Crippen MR) is 65.0 cm³/mol. The highest BCUT2D eigenvalue weighted by Gasteiger charge is 2.15. The molecule has 1 rings (SSSR count). The Balaban J connectivity index is 2.49. The van der Waals surface area contributed by atoms with Crippen molar-refractivity contribution in [3.05, 3.63) is 35.9 Å². The van der Waals surface area contributed by atoms with E-state index in [1.807, 2.05) is 30.3 Å². The smallest absolute Gasteiger partial charge is 0.150 e. The first-order valence-corrected chi connectivity index (χ1v) is 7.21. The molecule has 0 spiro atoms. The van der Waals surface area contributed by atoms with Crippen molar-refractivity contribution in [3.8, 4) is 0 Å². The molecule has 3 nitrogen and oxygen atoms in total. The Morgan fingerprint density at radius 2 is 1.88 bits per heavy atom. The molecule has 0 amide bonds. The van der Waals surface area contributed by atoms with Gasteiger partial charge in [-0.2, -0.15) is 0 Å². The van der Waals surface area contributed by atoms with Gasteiger partial charge in [0.2, 0.25) is 0 Å². The van der Waals surface area contributed by atoms with Crippen molar-refractivity contribution in [2.75, 3.05) is 18.1 Å². The van der Waals surface area contributed by atoms with E-state index < -0.39 is 9.84 Å². The Hall–Kier alpha value is -0.870. The van der Waals surface area contributed by atoms with Crippen molar-refractivity contribution in [2.24, 2.45) is 5.92 Å². The number of benzene rings is 1. The van der Waals surface area contributed by atoms with E-state index in [0.717, 1.165) is 5.56 Å². The van der Waals surface area contributed by atoms with Crippen LogP contribution in [0.25, 0.3) is 0 Å². The molecule has 0 fully saturated rings. The van der Waals surface area contributed by atoms with E-state index in [1.54, 1.807) is 6.92 Å². The maximum absolute atomic E-state index is 11.7. The van der Waals surface area contributed by atoms with Gasteiger partial charge in [0.25, 0.3) is 0 Å². The number of sulfone groups is 1. The van der Waals surface area contributed by atoms with Crippen LogP contribution in [0.5, 0.6) is 0 Å². The van der Waals surface area contributed by atoms with Gasteiger partial charge in [-0.1, -0.05) is 37.3 Å². The van der Waals surface area contributed by atoms with Gasteiger partial charge in [-0.15, -0.1) is 0 Å². The molecule has 0 radical (unpaired) electrons. The van der Waals surface area contributed by atoms with E-state index in [4.69, 9.17) is 5.11 Å². The minimum absolute atomic E-state index is 0.0658. The largest absolute Gasteiger partial charge is 0.396 e. The van der Waals surface area contributed by atoms with Crippen LogP contribution in [0, 0.1) is 5.92 Å². The second-order valence-corrected chi connectivity index (χ2v) is 6.37. The summed E-state index contributed by atoms with van der Waals surface area (Å²) in [6, 6.07) is 9.55. The molecule has 1 N–H and O–H groups in total. The molecule has 0 heterocycles. The zero-order valence-electron chi connectivity index (χ0n) is 9.46. The van der Waals surface area contributed by atoms with E-state index in [1.165, 1.54) is 0 Å². The predicted octanol–water partition coefficient (Wildman–Crippen LogP) is 1.27. The quantitative estimate of drug-likeness (QED) is 0.817. The topological polar surface area (TPSA) is 54.4 Å². The number of hydrogen-bond donors (Lipinski definition) is 1. The molecule has 0 aliphatic rings. The summed E-state index contributed by atoms with van der Waals surface area (Å²) in [4.78, 5) is 0. The fourth-order valence-corrected chi connectivity index (χ4v) is 3.17. The number of aliphatic hydroxyl groups excluding tert-OH is 1. The molecule has 16 heavy (non-hydrogen) atoms. The van der Waals surface area contributed by atoms with Gasteiger partial charge in [-0.3, -0.25) is 0 Å². The summed E-state index contributed by atoms with van der Waals surface area (Å²) < 4.78 is 23.3. The van der Waals surface area contributed by atoms with Crippen molar-refractivity contribution < 1.29 is 13.5 Å². The van der Waals surface area contributed by atoms with Gasteiger partial charge in [0.05, 0.1) is 11.5 Å². The van der Waals surface area contributed by atoms with E-state index in [-0.39, 0.29) is 24.0 Å². The van der Waals surface area contributed by atoms with E-state index >= 15 is 0 Å². The Bertz CT molecular complexity index is 398. The van der Waals surface area contributed by atoms with E-state index in [0.29, 0.717) is 6.42 Å². The van der Waals surface area contributed by atoms with Gasteiger partial charge in [0, 0.05) is 6.61 Å². The molecule has 4 heteroatoms. The van der Waals surface area contributed by atoms with Crippen LogP contribution in [0.3, 0.4) is 0 Å². The van der Waals surface area contributed by atoms with Gasteiger partial charge in [-0.05, 0) is 17.9 Å². The Labute approximate surface area is 97.0 Å². The van der Waals surface area contributed by atoms with Crippen LogP contribution in [0.4, 0.5) is 0 Å². The van der Waals surface area contributed by atoms with Gasteiger partial charge < -0.3 is 5.11 Å². The molecule has 1 atom stereocenters. The summed E-state index contributed by atoms with van der Waals surface area (Å²) in [6.45, 7) is 1.66. The van der Waals surface area contributed by atoms with Crippen LogP contribution in [0.1, 0.15) is 12.5 Å². The first kappa shape index (κ1) is 13.2. The zero-order chi connectivity index (χ0) is 12.0. The summed E-state index contributed by atoms with van der Waals surface area (Å²) in [5.74, 6) is 0.0401. The van der Waals surface area contributed by atoms with Crippen LogP contribution in [-0.4, -0.2) is 31.6 Å². The lowest BCUT2D eigenvalue weighted by molar-refractivity contribution is 0.249. The third-order valence-corrected chi connectivity index (χ3v) is 4.30. The molecule has 1 aromatic rings. The highest BCUT2D eigenvalue weighted by molar-refractivity contribution is 7.91. The minimum atomic E-state index is -3.05. The van der Waals surface area contributed by atoms with Crippen molar-refractivity contribution in [2.45, 2.75) is 13.3 Å². The molecule has 0 aromatic heterocycles. The summed E-state index contributed by atoms with van der Waals surface area (Å²) in [5.41, 5.74) is 1.03. The maximum atomic E-state index is 11.7. The second-order valence-electron chi connectivity index (χ2n) is 4.14. The van der Waals surface area contributed by atoms with Gasteiger partial charge in [0.1, 0.15) is 0 Å². The first-order valence-electron chi connectivity index (χ1n) is 5.38. The van der Waals surface area contributed by atoms with Crippen LogP contribution < -0.4 is 0 Å². The minimum Gasteiger partial charge on any atom is -0.396 e. The third-order valence-electron chi connectivity index (χ3n) is 2.39. The SMILES string of the molecule is CC(CO)CS(=O)(=O)CCc1ccccc1. The summed E-state index contributed by atoms with van der Waals surface area (Å²) in [5, 5.41) is 8.82. The molecule has 1 unspecified atom stereocenters. The van der Waals surface area contributed by atoms with Gasteiger partial charge >= 0.3 is 0 Å². The average Bonchev–Trinajstić information content (AvgIpc) is 2.27. The van der Waals surface area contributed by atoms with Crippen LogP contribution in [0.2, 0.25) is 0 Å². The molecular weight excluding hydrogens is 224 g/mol. The van der Waals surface area contributed by atoms with Crippen molar-refractivity contribution >= 4 is 9.84 Å². The van der Waals surface area contributed by atoms with E-state index in [2.05, 4.69) is 0 Å². The van der Waals surface area contributed by atoms with Crippen molar-refractivity contribution in [3.63, 3.8) is 0 Å². The average molecular weight is 242 g/mol. The summed E-state index contributed by atoms with van der Waals surface area (Å²) in [6.07, 6.45) is 0.543. The lowest BCUT2D eigenvalue weighted by Gasteiger charge is -2.08. The Kier molecular flexibility index (Phi) is 4.96. The van der Waals surface area contributed by atoms with Gasteiger partial charge in [-0.25, -0.2) is 8.42 Å². The lowest BCUT2D eigenvalue weighted by atomic mass is 10.2. The standard InChI is InChI=1S/C12H18O3S/c1-11(9-13)10-16(14,15)8-7-12-5-3-2-4-6-12/h2-6,11,13H,7-10H2,1H3. The maximum Gasteiger partial charge on any atom is 0.150 e. The fourth-order valence-electron chi connectivity index (χ4n) is 1.49. The molecule has 0 aliphatic carbocycles. The molecule has 0 saturated carbocycles. The molecule has 90 valence electrons. The zero-order valence-corrected chi connectivity index (χ0v) is 10.3. The number of rotatable bonds is 6. The van der Waals surface area contributed by atoms with Crippen LogP contribution >= 0.6 is 0 Å². The fraction of sp³-hybridized carbons (Fsp3) is 0.500. The monoisotopic (exact) mass is 242 g/mol. The Morgan fingerprint density at radius 1 is 1.25 bits per heavy atom. The van der Waals surface area contributed by atoms with Crippen molar-refractivity contribution in [1.82, 2.24) is 0 Å². The Morgan fingerprint density at radius 3 is 2.44 bits per heavy atom. The van der Waals surface area contributed by atoms with Crippen molar-refractivity contribution in [1.29, 1.82) is 0 Å². The first-order chi connectivity index (χ1) is 7.53. The number of aryl methyl sites for hydroxylation is 1. The molecule has 0 bridgehead atoms. The van der Waals surface area contributed by atoms with Crippen LogP contribution in [0.15, 0.2) is 30.3 Å². The highest BCUT2D eigenvalue weighted by Crippen LogP contribution is 2.06. The van der Waals surface area contributed by atoms with E-state index in [9.17, 15) is 8.42 Å². The summed E-state index contributed by atoms with van der Waals surface area (Å²) in [7, 11) is -3.05. The summed E-state index contributed by atoms with van der Waals surface area (Å²) >= 11 is 0.